The highest BCUT2D eigenvalue weighted by atomic mass is 32.1. The lowest BCUT2D eigenvalue weighted by atomic mass is 10.1. The van der Waals surface area contributed by atoms with Gasteiger partial charge in [0.2, 0.25) is 0 Å². The van der Waals surface area contributed by atoms with Gasteiger partial charge in [0.05, 0.1) is 42.8 Å². The van der Waals surface area contributed by atoms with Crippen LogP contribution in [0.3, 0.4) is 0 Å². The van der Waals surface area contributed by atoms with Crippen LogP contribution in [0, 0.1) is 13.8 Å². The third-order valence-corrected chi connectivity index (χ3v) is 6.15. The molecule has 0 fully saturated rings. The molecule has 0 spiro atoms. The molecule has 6 nitrogen and oxygen atoms in total. The number of fused-ring (bicyclic) bond motifs is 1. The molecule has 2 aromatic carbocycles. The van der Waals surface area contributed by atoms with Crippen molar-refractivity contribution in [3.05, 3.63) is 71.2 Å². The molecule has 154 valence electrons. The number of aryl methyl sites for hydroxylation is 2. The van der Waals surface area contributed by atoms with Gasteiger partial charge in [0.25, 0.3) is 5.91 Å². The Bertz CT molecular complexity index is 1160. The Kier molecular flexibility index (Phi) is 5.46. The molecule has 0 aliphatic rings. The van der Waals surface area contributed by atoms with E-state index in [9.17, 15) is 4.79 Å². The molecule has 0 aliphatic carbocycles. The minimum Gasteiger partial charge on any atom is -0.493 e. The second-order valence-electron chi connectivity index (χ2n) is 6.89. The molecule has 2 heterocycles. The fourth-order valence-electron chi connectivity index (χ4n) is 3.35. The molecular weight excluding hydrogens is 400 g/mol. The van der Waals surface area contributed by atoms with Gasteiger partial charge in [-0.3, -0.25) is 9.69 Å². The fourth-order valence-corrected chi connectivity index (χ4v) is 4.46. The number of anilines is 1. The Hall–Kier alpha value is -3.32. The van der Waals surface area contributed by atoms with Crippen molar-refractivity contribution >= 4 is 32.6 Å². The molecule has 0 bridgehead atoms. The first-order chi connectivity index (χ1) is 14.5. The Morgan fingerprint density at radius 3 is 2.53 bits per heavy atom. The fraction of sp³-hybridized carbons (Fsp3) is 0.217. The monoisotopic (exact) mass is 422 g/mol. The molecule has 0 N–H and O–H groups in total. The van der Waals surface area contributed by atoms with E-state index in [4.69, 9.17) is 18.9 Å². The van der Waals surface area contributed by atoms with Crippen molar-refractivity contribution in [2.24, 2.45) is 0 Å². The summed E-state index contributed by atoms with van der Waals surface area (Å²) in [4.78, 5) is 20.1. The van der Waals surface area contributed by atoms with E-state index in [1.54, 1.807) is 42.5 Å². The lowest BCUT2D eigenvalue weighted by Gasteiger charge is -2.20. The van der Waals surface area contributed by atoms with Gasteiger partial charge in [0.1, 0.15) is 5.76 Å². The van der Waals surface area contributed by atoms with Crippen molar-refractivity contribution in [3.8, 4) is 11.5 Å². The van der Waals surface area contributed by atoms with Gasteiger partial charge in [-0.15, -0.1) is 0 Å². The molecule has 0 aliphatic heterocycles. The van der Waals surface area contributed by atoms with E-state index in [0.29, 0.717) is 28.0 Å². The van der Waals surface area contributed by atoms with Gasteiger partial charge < -0.3 is 13.9 Å². The van der Waals surface area contributed by atoms with E-state index in [0.717, 1.165) is 21.3 Å². The summed E-state index contributed by atoms with van der Waals surface area (Å²) in [5.41, 5.74) is 3.51. The Labute approximate surface area is 178 Å². The maximum Gasteiger partial charge on any atom is 0.264 e. The van der Waals surface area contributed by atoms with Crippen LogP contribution in [0.5, 0.6) is 11.5 Å². The van der Waals surface area contributed by atoms with E-state index in [1.165, 1.54) is 18.4 Å². The molecule has 4 aromatic rings. The van der Waals surface area contributed by atoms with E-state index in [-0.39, 0.29) is 12.5 Å². The van der Waals surface area contributed by atoms with Crippen molar-refractivity contribution in [3.63, 3.8) is 0 Å². The van der Waals surface area contributed by atoms with Crippen LogP contribution in [0.2, 0.25) is 0 Å². The second-order valence-corrected chi connectivity index (χ2v) is 7.86. The van der Waals surface area contributed by atoms with E-state index < -0.39 is 0 Å². The van der Waals surface area contributed by atoms with Crippen LogP contribution in [0.1, 0.15) is 27.2 Å². The topological polar surface area (TPSA) is 64.8 Å². The third-order valence-electron chi connectivity index (χ3n) is 4.93. The van der Waals surface area contributed by atoms with Gasteiger partial charge in [0, 0.05) is 0 Å². The first kappa shape index (κ1) is 20.0. The molecule has 7 heteroatoms. The van der Waals surface area contributed by atoms with E-state index in [2.05, 4.69) is 6.07 Å². The first-order valence-corrected chi connectivity index (χ1v) is 10.3. The molecule has 4 rings (SSSR count). The number of ether oxygens (including phenoxy) is 2. The molecular formula is C23H22N2O4S. The molecule has 0 radical (unpaired) electrons. The lowest BCUT2D eigenvalue weighted by Crippen LogP contribution is -2.30. The Morgan fingerprint density at radius 1 is 1.07 bits per heavy atom. The highest BCUT2D eigenvalue weighted by molar-refractivity contribution is 7.22. The largest absolute Gasteiger partial charge is 0.493 e. The quantitative estimate of drug-likeness (QED) is 0.418. The van der Waals surface area contributed by atoms with Gasteiger partial charge in [-0.1, -0.05) is 29.5 Å². The van der Waals surface area contributed by atoms with Crippen LogP contribution in [-0.2, 0) is 6.54 Å². The van der Waals surface area contributed by atoms with Crippen LogP contribution in [0.25, 0.3) is 10.2 Å². The number of methoxy groups -OCH3 is 2. The number of hydrogen-bond donors (Lipinski definition) is 0. The first-order valence-electron chi connectivity index (χ1n) is 9.45. The molecule has 2 aromatic heterocycles. The predicted molar refractivity (Wildman–Crippen MR) is 118 cm³/mol. The minimum absolute atomic E-state index is 0.239. The molecule has 0 atom stereocenters. The number of furan rings is 1. The molecule has 0 unspecified atom stereocenters. The van der Waals surface area contributed by atoms with Gasteiger partial charge in [-0.05, 0) is 49.2 Å². The van der Waals surface area contributed by atoms with Gasteiger partial charge in [-0.2, -0.15) is 0 Å². The van der Waals surface area contributed by atoms with Gasteiger partial charge in [0.15, 0.2) is 16.6 Å². The second kappa shape index (κ2) is 8.20. The Balaban J connectivity index is 1.85. The highest BCUT2D eigenvalue weighted by Gasteiger charge is 2.27. The number of thiazole rings is 1. The standard InChI is InChI=1S/C23H22N2O4S/c1-14-10-11-15(2)21-19(14)24-23(30-21)25(13-16-7-6-12-29-16)22(26)17-8-5-9-18(27-3)20(17)28-4/h5-12H,13H2,1-4H3. The molecule has 0 saturated heterocycles. The number of nitrogens with zero attached hydrogens (tertiary/aromatic N) is 2. The number of carbonyl (C=O) groups excluding carboxylic acids is 1. The SMILES string of the molecule is COc1cccc(C(=O)N(Cc2ccco2)c2nc3c(C)ccc(C)c3s2)c1OC. The zero-order chi connectivity index (χ0) is 21.3. The molecule has 30 heavy (non-hydrogen) atoms. The average Bonchev–Trinajstić information content (AvgIpc) is 3.44. The number of amides is 1. The van der Waals surface area contributed by atoms with Gasteiger partial charge in [-0.25, -0.2) is 4.98 Å². The summed E-state index contributed by atoms with van der Waals surface area (Å²) in [6, 6.07) is 13.0. The van der Waals surface area contributed by atoms with Crippen LogP contribution in [-0.4, -0.2) is 25.1 Å². The van der Waals surface area contributed by atoms with Gasteiger partial charge >= 0.3 is 0 Å². The average molecular weight is 423 g/mol. The summed E-state index contributed by atoms with van der Waals surface area (Å²) in [5.74, 6) is 1.31. The van der Waals surface area contributed by atoms with Crippen LogP contribution in [0.4, 0.5) is 5.13 Å². The molecule has 0 saturated carbocycles. The minimum atomic E-state index is -0.239. The summed E-state index contributed by atoms with van der Waals surface area (Å²) in [6.45, 7) is 4.33. The summed E-state index contributed by atoms with van der Waals surface area (Å²) in [6.07, 6.45) is 1.59. The molecule has 1 amide bonds. The summed E-state index contributed by atoms with van der Waals surface area (Å²) < 4.78 is 17.5. The van der Waals surface area contributed by atoms with Crippen molar-refractivity contribution in [2.75, 3.05) is 19.1 Å². The zero-order valence-corrected chi connectivity index (χ0v) is 18.1. The van der Waals surface area contributed by atoms with Crippen LogP contribution < -0.4 is 14.4 Å². The van der Waals surface area contributed by atoms with Crippen LogP contribution in [0.15, 0.2) is 53.1 Å². The normalized spacial score (nSPS) is 10.9. The number of para-hydroxylation sites is 1. The van der Waals surface area contributed by atoms with E-state index >= 15 is 0 Å². The van der Waals surface area contributed by atoms with Crippen molar-refractivity contribution in [2.45, 2.75) is 20.4 Å². The predicted octanol–water partition coefficient (Wildman–Crippen LogP) is 5.37. The number of aromatic nitrogens is 1. The Morgan fingerprint density at radius 2 is 1.87 bits per heavy atom. The van der Waals surface area contributed by atoms with Crippen LogP contribution >= 0.6 is 11.3 Å². The van der Waals surface area contributed by atoms with Crippen molar-refractivity contribution < 1.29 is 18.7 Å². The summed E-state index contributed by atoms with van der Waals surface area (Å²) >= 11 is 1.49. The highest BCUT2D eigenvalue weighted by Crippen LogP contribution is 2.37. The zero-order valence-electron chi connectivity index (χ0n) is 17.3. The summed E-state index contributed by atoms with van der Waals surface area (Å²) in [5, 5.41) is 0.605. The third kappa shape index (κ3) is 3.52. The smallest absolute Gasteiger partial charge is 0.264 e. The number of hydrogen-bond acceptors (Lipinski definition) is 6. The number of rotatable bonds is 6. The van der Waals surface area contributed by atoms with Crippen molar-refractivity contribution in [1.29, 1.82) is 0 Å². The maximum absolute atomic E-state index is 13.7. The lowest BCUT2D eigenvalue weighted by molar-refractivity contribution is 0.0979. The number of carbonyl (C=O) groups is 1. The number of benzene rings is 2. The maximum atomic E-state index is 13.7. The van der Waals surface area contributed by atoms with Crippen molar-refractivity contribution in [1.82, 2.24) is 4.98 Å². The summed E-state index contributed by atoms with van der Waals surface area (Å²) in [7, 11) is 3.07. The van der Waals surface area contributed by atoms with E-state index in [1.807, 2.05) is 26.0 Å².